The van der Waals surface area contributed by atoms with Crippen molar-refractivity contribution in [1.82, 2.24) is 0 Å². The minimum absolute atomic E-state index is 0.181. The molecular weight excluding hydrogens is 316 g/mol. The number of allylic oxidation sites excluding steroid dienone is 3. The summed E-state index contributed by atoms with van der Waals surface area (Å²) in [5.41, 5.74) is 4.47. The van der Waals surface area contributed by atoms with Gasteiger partial charge >= 0.3 is 0 Å². The van der Waals surface area contributed by atoms with Crippen LogP contribution >= 0.6 is 0 Å². The highest BCUT2D eigenvalue weighted by atomic mass is 16.2. The van der Waals surface area contributed by atoms with Gasteiger partial charge in [0.2, 0.25) is 0 Å². The number of aliphatic hydroxyl groups excluding tert-OH is 1. The lowest BCUT2D eigenvalue weighted by Crippen LogP contribution is -2.57. The van der Waals surface area contributed by atoms with Crippen molar-refractivity contribution in [2.45, 2.75) is 92.9 Å². The zero-order chi connectivity index (χ0) is 19.2. The molecule has 3 rings (SSSR count). The van der Waals surface area contributed by atoms with Gasteiger partial charge < -0.3 is 5.11 Å². The molecule has 148 valence electrons. The van der Waals surface area contributed by atoms with Crippen molar-refractivity contribution >= 4 is 0 Å². The summed E-state index contributed by atoms with van der Waals surface area (Å²) in [6, 6.07) is 0. The SMILES string of the molecule is CC1=CC[C@H]2[C@]3(C)CCCC(C)(C)[C@H]3CC[C@]2(C)[C@H]1CC/C(C)=C\CO. The van der Waals surface area contributed by atoms with Gasteiger partial charge in [0, 0.05) is 0 Å². The topological polar surface area (TPSA) is 20.2 Å². The summed E-state index contributed by atoms with van der Waals surface area (Å²) in [6.07, 6.45) is 15.4. The molecule has 0 bridgehead atoms. The second kappa shape index (κ2) is 7.12. The Bertz CT molecular complexity index is 583. The van der Waals surface area contributed by atoms with Gasteiger partial charge in [0.15, 0.2) is 0 Å². The maximum absolute atomic E-state index is 9.19. The lowest BCUT2D eigenvalue weighted by molar-refractivity contribution is -0.145. The molecule has 26 heavy (non-hydrogen) atoms. The lowest BCUT2D eigenvalue weighted by Gasteiger charge is -2.65. The number of hydrogen-bond donors (Lipinski definition) is 1. The van der Waals surface area contributed by atoms with Crippen molar-refractivity contribution < 1.29 is 5.11 Å². The standard InChI is InChI=1S/C25H42O/c1-18(13-17-26)8-10-20-19(2)9-11-22-24(20,5)16-12-21-23(3,4)14-7-15-25(21,22)6/h9,13,20-22,26H,7-8,10-12,14-17H2,1-6H3/b18-13-/t20-,21+,22+,24+,25+/m0/s1. The molecule has 1 N–H and O–H groups in total. The maximum Gasteiger partial charge on any atom is 0.0614 e. The van der Waals surface area contributed by atoms with Crippen LogP contribution in [0.2, 0.25) is 0 Å². The van der Waals surface area contributed by atoms with Crippen molar-refractivity contribution in [1.29, 1.82) is 0 Å². The predicted octanol–water partition coefficient (Wildman–Crippen LogP) is 6.92. The Kier molecular flexibility index (Phi) is 5.52. The number of rotatable bonds is 4. The first-order chi connectivity index (χ1) is 12.1. The summed E-state index contributed by atoms with van der Waals surface area (Å²) < 4.78 is 0. The summed E-state index contributed by atoms with van der Waals surface area (Å²) >= 11 is 0. The summed E-state index contributed by atoms with van der Waals surface area (Å²) in [5, 5.41) is 9.19. The molecular formula is C25H42O. The summed E-state index contributed by atoms with van der Waals surface area (Å²) in [4.78, 5) is 0. The van der Waals surface area contributed by atoms with Crippen LogP contribution in [0.3, 0.4) is 0 Å². The quantitative estimate of drug-likeness (QED) is 0.541. The molecule has 0 spiro atoms. The monoisotopic (exact) mass is 358 g/mol. The molecule has 0 heterocycles. The van der Waals surface area contributed by atoms with Crippen LogP contribution in [0.4, 0.5) is 0 Å². The van der Waals surface area contributed by atoms with Crippen LogP contribution < -0.4 is 0 Å². The van der Waals surface area contributed by atoms with Crippen molar-refractivity contribution in [3.05, 3.63) is 23.3 Å². The third-order valence-corrected chi connectivity index (χ3v) is 9.13. The molecule has 0 aromatic heterocycles. The van der Waals surface area contributed by atoms with Gasteiger partial charge in [0.25, 0.3) is 0 Å². The van der Waals surface area contributed by atoms with E-state index in [-0.39, 0.29) is 6.61 Å². The first kappa shape index (κ1) is 20.2. The van der Waals surface area contributed by atoms with Crippen molar-refractivity contribution in [3.63, 3.8) is 0 Å². The second-order valence-corrected chi connectivity index (χ2v) is 11.0. The lowest BCUT2D eigenvalue weighted by atomic mass is 9.39. The van der Waals surface area contributed by atoms with Gasteiger partial charge in [-0.05, 0) is 92.8 Å². The zero-order valence-corrected chi connectivity index (χ0v) is 18.2. The fourth-order valence-electron chi connectivity index (χ4n) is 7.80. The molecule has 0 saturated heterocycles. The van der Waals surface area contributed by atoms with Gasteiger partial charge in [-0.3, -0.25) is 0 Å². The maximum atomic E-state index is 9.19. The molecule has 0 aromatic carbocycles. The molecule has 0 unspecified atom stereocenters. The van der Waals surface area contributed by atoms with Crippen LogP contribution in [0.5, 0.6) is 0 Å². The molecule has 5 atom stereocenters. The average molecular weight is 359 g/mol. The second-order valence-electron chi connectivity index (χ2n) is 11.0. The predicted molar refractivity (Wildman–Crippen MR) is 112 cm³/mol. The van der Waals surface area contributed by atoms with Crippen LogP contribution in [-0.4, -0.2) is 11.7 Å². The Morgan fingerprint density at radius 2 is 1.85 bits per heavy atom. The molecule has 1 nitrogen and oxygen atoms in total. The third-order valence-electron chi connectivity index (χ3n) is 9.13. The van der Waals surface area contributed by atoms with Gasteiger partial charge in [0.05, 0.1) is 6.61 Å². The number of aliphatic hydroxyl groups is 1. The van der Waals surface area contributed by atoms with Crippen LogP contribution in [0.1, 0.15) is 92.9 Å². The van der Waals surface area contributed by atoms with E-state index in [0.29, 0.717) is 22.2 Å². The molecule has 3 aliphatic carbocycles. The molecule has 1 heteroatoms. The van der Waals surface area contributed by atoms with E-state index in [1.165, 1.54) is 50.5 Å². The smallest absolute Gasteiger partial charge is 0.0614 e. The normalized spacial score (nSPS) is 42.7. The first-order valence-corrected chi connectivity index (χ1v) is 11.1. The van der Waals surface area contributed by atoms with E-state index < -0.39 is 0 Å². The van der Waals surface area contributed by atoms with Gasteiger partial charge in [-0.1, -0.05) is 57.4 Å². The molecule has 0 radical (unpaired) electrons. The number of hydrogen-bond acceptors (Lipinski definition) is 1. The Labute approximate surface area is 162 Å². The average Bonchev–Trinajstić information content (AvgIpc) is 2.53. The van der Waals surface area contributed by atoms with Crippen LogP contribution in [0, 0.1) is 34.0 Å². The van der Waals surface area contributed by atoms with Crippen LogP contribution in [0.15, 0.2) is 23.3 Å². The van der Waals surface area contributed by atoms with Crippen LogP contribution in [0.25, 0.3) is 0 Å². The van der Waals surface area contributed by atoms with Gasteiger partial charge in [-0.2, -0.15) is 0 Å². The van der Waals surface area contributed by atoms with E-state index in [4.69, 9.17) is 0 Å². The van der Waals surface area contributed by atoms with Gasteiger partial charge in [0.1, 0.15) is 0 Å². The van der Waals surface area contributed by atoms with E-state index in [9.17, 15) is 5.11 Å². The van der Waals surface area contributed by atoms with Crippen molar-refractivity contribution in [2.75, 3.05) is 6.61 Å². The van der Waals surface area contributed by atoms with E-state index >= 15 is 0 Å². The largest absolute Gasteiger partial charge is 0.392 e. The molecule has 2 saturated carbocycles. The van der Waals surface area contributed by atoms with Crippen LogP contribution in [-0.2, 0) is 0 Å². The highest BCUT2D eigenvalue weighted by Gasteiger charge is 2.60. The fourth-order valence-corrected chi connectivity index (χ4v) is 7.80. The first-order valence-electron chi connectivity index (χ1n) is 11.1. The molecule has 2 fully saturated rings. The number of fused-ring (bicyclic) bond motifs is 3. The van der Waals surface area contributed by atoms with E-state index in [1.54, 1.807) is 5.57 Å². The zero-order valence-electron chi connectivity index (χ0n) is 18.2. The highest BCUT2D eigenvalue weighted by Crippen LogP contribution is 2.68. The Morgan fingerprint density at radius 1 is 1.12 bits per heavy atom. The van der Waals surface area contributed by atoms with Gasteiger partial charge in [-0.25, -0.2) is 0 Å². The summed E-state index contributed by atoms with van der Waals surface area (Å²) in [6.45, 7) is 15.1. The van der Waals surface area contributed by atoms with Gasteiger partial charge in [-0.15, -0.1) is 0 Å². The van der Waals surface area contributed by atoms with E-state index in [2.05, 4.69) is 47.6 Å². The fraction of sp³-hybridized carbons (Fsp3) is 0.840. The minimum atomic E-state index is 0.181. The summed E-state index contributed by atoms with van der Waals surface area (Å²) in [7, 11) is 0. The Balaban J connectivity index is 1.89. The molecule has 0 aliphatic heterocycles. The van der Waals surface area contributed by atoms with Crippen molar-refractivity contribution in [2.24, 2.45) is 34.0 Å². The molecule has 0 aromatic rings. The van der Waals surface area contributed by atoms with E-state index in [1.807, 2.05) is 6.08 Å². The Hall–Kier alpha value is -0.560. The molecule has 3 aliphatic rings. The summed E-state index contributed by atoms with van der Waals surface area (Å²) in [5.74, 6) is 2.44. The molecule has 0 amide bonds. The van der Waals surface area contributed by atoms with E-state index in [0.717, 1.165) is 18.3 Å². The Morgan fingerprint density at radius 3 is 2.54 bits per heavy atom. The highest BCUT2D eigenvalue weighted by molar-refractivity contribution is 5.21. The minimum Gasteiger partial charge on any atom is -0.392 e. The third kappa shape index (κ3) is 3.23. The van der Waals surface area contributed by atoms with Crippen molar-refractivity contribution in [3.8, 4) is 0 Å².